The fraction of sp³-hybridized carbons (Fsp3) is 0.667. The molecule has 0 bridgehead atoms. The molecule has 2 atom stereocenters. The molecule has 3 rings (SSSR count). The lowest BCUT2D eigenvalue weighted by molar-refractivity contribution is 0.384. The summed E-state index contributed by atoms with van der Waals surface area (Å²) in [6.45, 7) is 4.49. The van der Waals surface area contributed by atoms with E-state index in [0.717, 1.165) is 30.8 Å². The van der Waals surface area contributed by atoms with Gasteiger partial charge in [0.15, 0.2) is 0 Å². The smallest absolute Gasteiger partial charge is 0.252 e. The van der Waals surface area contributed by atoms with Crippen molar-refractivity contribution in [3.63, 3.8) is 0 Å². The van der Waals surface area contributed by atoms with Crippen LogP contribution in [0.4, 0.5) is 0 Å². The topological polar surface area (TPSA) is 49.4 Å². The summed E-state index contributed by atoms with van der Waals surface area (Å²) in [5.41, 5.74) is 0. The molecule has 2 fully saturated rings. The minimum absolute atomic E-state index is 0.169. The van der Waals surface area contributed by atoms with E-state index in [-0.39, 0.29) is 6.04 Å². The second-order valence-corrected chi connectivity index (χ2v) is 8.25. The molecule has 2 aliphatic rings. The van der Waals surface area contributed by atoms with Crippen LogP contribution in [0.15, 0.2) is 16.3 Å². The van der Waals surface area contributed by atoms with Gasteiger partial charge in [0, 0.05) is 24.0 Å². The van der Waals surface area contributed by atoms with Crippen LogP contribution >= 0.6 is 11.3 Å². The summed E-state index contributed by atoms with van der Waals surface area (Å²) in [7, 11) is -3.27. The van der Waals surface area contributed by atoms with Crippen molar-refractivity contribution < 1.29 is 8.42 Å². The van der Waals surface area contributed by atoms with Gasteiger partial charge in [0.25, 0.3) is 10.0 Å². The first kappa shape index (κ1) is 12.6. The van der Waals surface area contributed by atoms with Gasteiger partial charge >= 0.3 is 0 Å². The number of aryl methyl sites for hydroxylation is 1. The van der Waals surface area contributed by atoms with E-state index in [1.807, 2.05) is 6.07 Å². The maximum atomic E-state index is 12.6. The van der Waals surface area contributed by atoms with Gasteiger partial charge < -0.3 is 5.32 Å². The van der Waals surface area contributed by atoms with Crippen LogP contribution in [0, 0.1) is 5.92 Å². The Morgan fingerprint density at radius 2 is 2.28 bits per heavy atom. The van der Waals surface area contributed by atoms with Crippen LogP contribution in [-0.4, -0.2) is 38.4 Å². The van der Waals surface area contributed by atoms with Crippen molar-refractivity contribution in [3.8, 4) is 0 Å². The first-order chi connectivity index (χ1) is 8.63. The largest absolute Gasteiger partial charge is 0.315 e. The van der Waals surface area contributed by atoms with Crippen LogP contribution in [0.2, 0.25) is 0 Å². The van der Waals surface area contributed by atoms with E-state index < -0.39 is 10.0 Å². The molecule has 3 heterocycles. The van der Waals surface area contributed by atoms with E-state index in [2.05, 4.69) is 12.2 Å². The van der Waals surface area contributed by atoms with E-state index in [0.29, 0.717) is 16.7 Å². The average molecular weight is 286 g/mol. The monoisotopic (exact) mass is 286 g/mol. The van der Waals surface area contributed by atoms with Crippen LogP contribution in [0.1, 0.15) is 18.2 Å². The van der Waals surface area contributed by atoms with Crippen LogP contribution in [0.25, 0.3) is 0 Å². The Labute approximate surface area is 112 Å². The first-order valence-corrected chi connectivity index (χ1v) is 8.70. The molecule has 1 aromatic rings. The molecule has 0 radical (unpaired) electrons. The summed E-state index contributed by atoms with van der Waals surface area (Å²) in [5, 5.41) is 3.29. The molecule has 0 aliphatic carbocycles. The lowest BCUT2D eigenvalue weighted by Gasteiger charge is -2.21. The third-order valence-corrected chi connectivity index (χ3v) is 7.56. The minimum atomic E-state index is -3.27. The molecule has 1 N–H and O–H groups in total. The zero-order chi connectivity index (χ0) is 12.8. The number of rotatable bonds is 3. The molecule has 0 unspecified atom stereocenters. The van der Waals surface area contributed by atoms with Gasteiger partial charge in [-0.15, -0.1) is 11.3 Å². The van der Waals surface area contributed by atoms with E-state index >= 15 is 0 Å². The van der Waals surface area contributed by atoms with Crippen molar-refractivity contribution in [1.29, 1.82) is 0 Å². The highest BCUT2D eigenvalue weighted by Crippen LogP contribution is 2.34. The predicted octanol–water partition coefficient (Wildman–Crippen LogP) is 1.29. The second-order valence-electron chi connectivity index (χ2n) is 4.96. The molecule has 4 nitrogen and oxygen atoms in total. The van der Waals surface area contributed by atoms with Gasteiger partial charge in [-0.05, 0) is 37.4 Å². The number of fused-ring (bicyclic) bond motifs is 1. The Balaban J connectivity index is 1.90. The van der Waals surface area contributed by atoms with Crippen molar-refractivity contribution >= 4 is 21.4 Å². The number of sulfonamides is 1. The van der Waals surface area contributed by atoms with Gasteiger partial charge in [-0.25, -0.2) is 8.42 Å². The second kappa shape index (κ2) is 4.59. The van der Waals surface area contributed by atoms with Crippen molar-refractivity contribution in [2.75, 3.05) is 19.6 Å². The van der Waals surface area contributed by atoms with Crippen molar-refractivity contribution in [1.82, 2.24) is 9.62 Å². The van der Waals surface area contributed by atoms with Crippen LogP contribution in [-0.2, 0) is 16.4 Å². The van der Waals surface area contributed by atoms with Gasteiger partial charge in [-0.3, -0.25) is 0 Å². The zero-order valence-corrected chi connectivity index (χ0v) is 12.1. The Morgan fingerprint density at radius 1 is 1.44 bits per heavy atom. The summed E-state index contributed by atoms with van der Waals surface area (Å²) in [6.07, 6.45) is 1.89. The van der Waals surface area contributed by atoms with Gasteiger partial charge in [-0.2, -0.15) is 4.31 Å². The first-order valence-electron chi connectivity index (χ1n) is 6.44. The minimum Gasteiger partial charge on any atom is -0.315 e. The molecule has 0 amide bonds. The number of thiophene rings is 1. The Kier molecular flexibility index (Phi) is 3.21. The molecule has 0 saturated carbocycles. The van der Waals surface area contributed by atoms with Crippen LogP contribution in [0.3, 0.4) is 0 Å². The van der Waals surface area contributed by atoms with Crippen LogP contribution < -0.4 is 5.32 Å². The van der Waals surface area contributed by atoms with E-state index in [1.165, 1.54) is 11.3 Å². The van der Waals surface area contributed by atoms with Crippen LogP contribution in [0.5, 0.6) is 0 Å². The summed E-state index contributed by atoms with van der Waals surface area (Å²) in [6, 6.07) is 3.86. The summed E-state index contributed by atoms with van der Waals surface area (Å²) in [4.78, 5) is 1.13. The SMILES string of the molecule is CCc1ccc(S(=O)(=O)N2CC[C@H]3CNC[C@H]32)s1. The quantitative estimate of drug-likeness (QED) is 0.911. The van der Waals surface area contributed by atoms with E-state index in [4.69, 9.17) is 0 Å². The summed E-state index contributed by atoms with van der Waals surface area (Å²) in [5.74, 6) is 0.505. The third kappa shape index (κ3) is 1.91. The lowest BCUT2D eigenvalue weighted by atomic mass is 10.1. The molecular formula is C12H18N2O2S2. The Bertz CT molecular complexity index is 538. The Hall–Kier alpha value is -0.430. The molecule has 2 saturated heterocycles. The summed E-state index contributed by atoms with van der Waals surface area (Å²) < 4.78 is 27.4. The summed E-state index contributed by atoms with van der Waals surface area (Å²) >= 11 is 1.41. The molecule has 2 aliphatic heterocycles. The molecule has 100 valence electrons. The maximum Gasteiger partial charge on any atom is 0.252 e. The molecule has 1 aromatic heterocycles. The maximum absolute atomic E-state index is 12.6. The molecule has 6 heteroatoms. The molecular weight excluding hydrogens is 268 g/mol. The van der Waals surface area contributed by atoms with E-state index in [1.54, 1.807) is 10.4 Å². The lowest BCUT2D eigenvalue weighted by Crippen LogP contribution is -2.38. The number of nitrogens with zero attached hydrogens (tertiary/aromatic N) is 1. The fourth-order valence-electron chi connectivity index (χ4n) is 2.91. The highest BCUT2D eigenvalue weighted by atomic mass is 32.2. The highest BCUT2D eigenvalue weighted by molar-refractivity contribution is 7.91. The van der Waals surface area contributed by atoms with Crippen molar-refractivity contribution in [3.05, 3.63) is 17.0 Å². The van der Waals surface area contributed by atoms with Crippen molar-refractivity contribution in [2.45, 2.75) is 30.0 Å². The Morgan fingerprint density at radius 3 is 3.00 bits per heavy atom. The molecule has 0 spiro atoms. The zero-order valence-electron chi connectivity index (χ0n) is 10.4. The predicted molar refractivity (Wildman–Crippen MR) is 72.4 cm³/mol. The number of hydrogen-bond donors (Lipinski definition) is 1. The van der Waals surface area contributed by atoms with Gasteiger partial charge in [0.1, 0.15) is 4.21 Å². The van der Waals surface area contributed by atoms with Gasteiger partial charge in [0.2, 0.25) is 0 Å². The molecule has 18 heavy (non-hydrogen) atoms. The van der Waals surface area contributed by atoms with E-state index in [9.17, 15) is 8.42 Å². The average Bonchev–Trinajstić information content (AvgIpc) is 3.04. The number of nitrogens with one attached hydrogen (secondary N) is 1. The van der Waals surface area contributed by atoms with Gasteiger partial charge in [0.05, 0.1) is 0 Å². The number of hydrogen-bond acceptors (Lipinski definition) is 4. The fourth-order valence-corrected chi connectivity index (χ4v) is 6.04. The highest BCUT2D eigenvalue weighted by Gasteiger charge is 2.44. The molecule has 0 aromatic carbocycles. The van der Waals surface area contributed by atoms with Gasteiger partial charge in [-0.1, -0.05) is 6.92 Å². The third-order valence-electron chi connectivity index (χ3n) is 3.94. The standard InChI is InChI=1S/C12H18N2O2S2/c1-2-10-3-4-12(17-10)18(15,16)14-6-5-9-7-13-8-11(9)14/h3-4,9,11,13H,2,5-8H2,1H3/t9-,11+/m0/s1. The van der Waals surface area contributed by atoms with Crippen molar-refractivity contribution in [2.24, 2.45) is 5.92 Å². The normalized spacial score (nSPS) is 28.7.